The van der Waals surface area contributed by atoms with E-state index in [1.54, 1.807) is 13.8 Å². The first-order valence-electron chi connectivity index (χ1n) is 8.96. The van der Waals surface area contributed by atoms with Crippen LogP contribution in [0.2, 0.25) is 5.02 Å². The normalized spacial score (nSPS) is 11.7. The van der Waals surface area contributed by atoms with E-state index in [0.29, 0.717) is 13.1 Å². The number of anilines is 1. The molecule has 0 radical (unpaired) electrons. The summed E-state index contributed by atoms with van der Waals surface area (Å²) >= 11 is 6.14. The Morgan fingerprint density at radius 1 is 1.11 bits per heavy atom. The van der Waals surface area contributed by atoms with E-state index >= 15 is 0 Å². The van der Waals surface area contributed by atoms with Gasteiger partial charge in [-0.05, 0) is 44.2 Å². The van der Waals surface area contributed by atoms with Gasteiger partial charge in [0.25, 0.3) is 5.91 Å². The third kappa shape index (κ3) is 5.25. The van der Waals surface area contributed by atoms with Crippen LogP contribution in [0.4, 0.5) is 5.69 Å². The zero-order valence-corrected chi connectivity index (χ0v) is 18.1. The van der Waals surface area contributed by atoms with Crippen molar-refractivity contribution in [2.45, 2.75) is 24.8 Å². The molecule has 1 N–H and O–H groups in total. The number of carbonyl (C=O) groups excluding carboxylic acids is 1. The van der Waals surface area contributed by atoms with E-state index < -0.39 is 15.9 Å². The third-order valence-electron chi connectivity index (χ3n) is 4.52. The molecule has 0 bridgehead atoms. The molecule has 2 rings (SSSR count). The van der Waals surface area contributed by atoms with E-state index in [1.165, 1.54) is 29.6 Å². The van der Waals surface area contributed by atoms with Gasteiger partial charge in [0.1, 0.15) is 0 Å². The van der Waals surface area contributed by atoms with Gasteiger partial charge < -0.3 is 10.2 Å². The summed E-state index contributed by atoms with van der Waals surface area (Å²) < 4.78 is 26.6. The van der Waals surface area contributed by atoms with Gasteiger partial charge in [-0.15, -0.1) is 0 Å². The molecule has 8 heteroatoms. The highest BCUT2D eigenvalue weighted by atomic mass is 35.5. The zero-order valence-electron chi connectivity index (χ0n) is 16.5. The van der Waals surface area contributed by atoms with E-state index in [2.05, 4.69) is 5.32 Å². The summed E-state index contributed by atoms with van der Waals surface area (Å²) in [7, 11) is -0.253. The van der Waals surface area contributed by atoms with Crippen LogP contribution >= 0.6 is 11.6 Å². The number of halogens is 1. The number of benzene rings is 2. The van der Waals surface area contributed by atoms with Crippen molar-refractivity contribution in [3.05, 3.63) is 59.1 Å². The molecule has 0 aliphatic heterocycles. The number of hydrogen-bond acceptors (Lipinski definition) is 4. The summed E-state index contributed by atoms with van der Waals surface area (Å²) in [6.07, 6.45) is 0. The lowest BCUT2D eigenvalue weighted by atomic mass is 10.2. The van der Waals surface area contributed by atoms with Crippen LogP contribution in [0.5, 0.6) is 0 Å². The fourth-order valence-corrected chi connectivity index (χ4v) is 4.12. The molecule has 0 spiro atoms. The Morgan fingerprint density at radius 2 is 1.75 bits per heavy atom. The standard InChI is InChI=1S/C20H26ClN3O3S/c1-15(2)24(4)28(26,27)17-10-11-19(21)18(14-17)20(25)22-12-13-23(3)16-8-6-5-7-9-16/h5-11,14-15H,12-13H2,1-4H3,(H,22,25). The molecule has 0 heterocycles. The molecule has 0 aromatic heterocycles. The van der Waals surface area contributed by atoms with Crippen molar-refractivity contribution in [3.63, 3.8) is 0 Å². The van der Waals surface area contributed by atoms with Crippen molar-refractivity contribution in [1.82, 2.24) is 9.62 Å². The summed E-state index contributed by atoms with van der Waals surface area (Å²) in [5.74, 6) is -0.407. The van der Waals surface area contributed by atoms with Crippen molar-refractivity contribution in [1.29, 1.82) is 0 Å². The SMILES string of the molecule is CC(C)N(C)S(=O)(=O)c1ccc(Cl)c(C(=O)NCCN(C)c2ccccc2)c1. The van der Waals surface area contributed by atoms with Crippen LogP contribution in [0.1, 0.15) is 24.2 Å². The molecule has 0 aliphatic rings. The van der Waals surface area contributed by atoms with E-state index in [-0.39, 0.29) is 21.5 Å². The predicted molar refractivity (Wildman–Crippen MR) is 114 cm³/mol. The first kappa shape index (κ1) is 22.2. The van der Waals surface area contributed by atoms with Gasteiger partial charge in [-0.25, -0.2) is 8.42 Å². The number of nitrogens with zero attached hydrogens (tertiary/aromatic N) is 2. The molecular weight excluding hydrogens is 398 g/mol. The Bertz CT molecular complexity index is 918. The minimum absolute atomic E-state index is 0.0413. The lowest BCUT2D eigenvalue weighted by Gasteiger charge is -2.21. The smallest absolute Gasteiger partial charge is 0.252 e. The Hall–Kier alpha value is -2.09. The molecule has 0 aliphatic carbocycles. The molecule has 2 aromatic rings. The van der Waals surface area contributed by atoms with E-state index in [4.69, 9.17) is 11.6 Å². The number of nitrogens with one attached hydrogen (secondary N) is 1. The monoisotopic (exact) mass is 423 g/mol. The van der Waals surface area contributed by atoms with Gasteiger partial charge in [0.05, 0.1) is 15.5 Å². The van der Waals surface area contributed by atoms with Crippen LogP contribution in [-0.2, 0) is 10.0 Å². The second-order valence-corrected chi connectivity index (χ2v) is 9.17. The maximum atomic E-state index is 12.7. The molecular formula is C20H26ClN3O3S. The first-order valence-corrected chi connectivity index (χ1v) is 10.8. The molecule has 2 aromatic carbocycles. The average Bonchev–Trinajstić information content (AvgIpc) is 2.67. The number of carbonyl (C=O) groups is 1. The van der Waals surface area contributed by atoms with Crippen molar-refractivity contribution < 1.29 is 13.2 Å². The lowest BCUT2D eigenvalue weighted by molar-refractivity contribution is 0.0954. The van der Waals surface area contributed by atoms with Gasteiger partial charge in [-0.2, -0.15) is 4.31 Å². The Labute approximate surface area is 172 Å². The van der Waals surface area contributed by atoms with Gasteiger partial charge in [0.15, 0.2) is 0 Å². The number of rotatable bonds is 8. The number of para-hydroxylation sites is 1. The summed E-state index contributed by atoms with van der Waals surface area (Å²) in [4.78, 5) is 14.6. The molecule has 0 atom stereocenters. The second kappa shape index (κ2) is 9.41. The largest absolute Gasteiger partial charge is 0.373 e. The summed E-state index contributed by atoms with van der Waals surface area (Å²) in [6.45, 7) is 4.56. The maximum Gasteiger partial charge on any atom is 0.252 e. The van der Waals surface area contributed by atoms with Crippen LogP contribution in [0.25, 0.3) is 0 Å². The lowest BCUT2D eigenvalue weighted by Crippen LogP contribution is -2.34. The van der Waals surface area contributed by atoms with E-state index in [0.717, 1.165) is 5.69 Å². The second-order valence-electron chi connectivity index (χ2n) is 6.77. The number of amides is 1. The van der Waals surface area contributed by atoms with Crippen molar-refractivity contribution in [3.8, 4) is 0 Å². The van der Waals surface area contributed by atoms with Crippen molar-refractivity contribution in [2.24, 2.45) is 0 Å². The molecule has 152 valence electrons. The Balaban J connectivity index is 2.09. The van der Waals surface area contributed by atoms with Gasteiger partial charge >= 0.3 is 0 Å². The maximum absolute atomic E-state index is 12.7. The molecule has 0 fully saturated rings. The van der Waals surface area contributed by atoms with Crippen LogP contribution in [-0.4, -0.2) is 51.9 Å². The first-order chi connectivity index (χ1) is 13.1. The highest BCUT2D eigenvalue weighted by Crippen LogP contribution is 2.23. The van der Waals surface area contributed by atoms with Gasteiger partial charge in [-0.3, -0.25) is 4.79 Å². The van der Waals surface area contributed by atoms with Gasteiger partial charge in [-0.1, -0.05) is 29.8 Å². The van der Waals surface area contributed by atoms with Gasteiger partial charge in [0, 0.05) is 38.9 Å². The summed E-state index contributed by atoms with van der Waals surface area (Å²) in [5, 5.41) is 3.01. The Kier molecular flexibility index (Phi) is 7.46. The van der Waals surface area contributed by atoms with Crippen LogP contribution in [0, 0.1) is 0 Å². The highest BCUT2D eigenvalue weighted by molar-refractivity contribution is 7.89. The molecule has 1 amide bonds. The van der Waals surface area contributed by atoms with Crippen LogP contribution < -0.4 is 10.2 Å². The zero-order chi connectivity index (χ0) is 20.9. The highest BCUT2D eigenvalue weighted by Gasteiger charge is 2.25. The van der Waals surface area contributed by atoms with Crippen molar-refractivity contribution >= 4 is 33.2 Å². The molecule has 0 unspecified atom stereocenters. The molecule has 0 saturated carbocycles. The van der Waals surface area contributed by atoms with Crippen LogP contribution in [0.3, 0.4) is 0 Å². The minimum Gasteiger partial charge on any atom is -0.373 e. The predicted octanol–water partition coefficient (Wildman–Crippen LogP) is 3.24. The number of likely N-dealkylation sites (N-methyl/N-ethyl adjacent to an activating group) is 1. The summed E-state index contributed by atoms with van der Waals surface area (Å²) in [6, 6.07) is 13.8. The molecule has 28 heavy (non-hydrogen) atoms. The molecule has 6 nitrogen and oxygen atoms in total. The van der Waals surface area contributed by atoms with E-state index in [9.17, 15) is 13.2 Å². The quantitative estimate of drug-likeness (QED) is 0.707. The number of sulfonamides is 1. The van der Waals surface area contributed by atoms with Gasteiger partial charge in [0.2, 0.25) is 10.0 Å². The fraction of sp³-hybridized carbons (Fsp3) is 0.350. The topological polar surface area (TPSA) is 69.7 Å². The number of hydrogen-bond donors (Lipinski definition) is 1. The third-order valence-corrected chi connectivity index (χ3v) is 6.88. The summed E-state index contributed by atoms with van der Waals surface area (Å²) in [5.41, 5.74) is 1.18. The average molecular weight is 424 g/mol. The van der Waals surface area contributed by atoms with Crippen LogP contribution in [0.15, 0.2) is 53.4 Å². The van der Waals surface area contributed by atoms with Crippen molar-refractivity contribution in [2.75, 3.05) is 32.1 Å². The fourth-order valence-electron chi connectivity index (χ4n) is 2.53. The minimum atomic E-state index is -3.69. The molecule has 0 saturated heterocycles. The Morgan fingerprint density at radius 3 is 2.36 bits per heavy atom. The van der Waals surface area contributed by atoms with E-state index in [1.807, 2.05) is 42.3 Å².